The molecule has 0 aliphatic rings. The van der Waals surface area contributed by atoms with E-state index in [9.17, 15) is 0 Å². The van der Waals surface area contributed by atoms with Crippen molar-refractivity contribution in [1.82, 2.24) is 14.8 Å². The van der Waals surface area contributed by atoms with Gasteiger partial charge in [0.2, 0.25) is 0 Å². The van der Waals surface area contributed by atoms with Crippen LogP contribution >= 0.6 is 15.9 Å². The van der Waals surface area contributed by atoms with Crippen LogP contribution in [0.25, 0.3) is 0 Å². The second-order valence-corrected chi connectivity index (χ2v) is 4.26. The third-order valence-electron chi connectivity index (χ3n) is 2.33. The lowest BCUT2D eigenvalue weighted by Gasteiger charge is -2.03. The van der Waals surface area contributed by atoms with E-state index in [2.05, 4.69) is 26.0 Å². The molecule has 2 rings (SSSR count). The van der Waals surface area contributed by atoms with E-state index >= 15 is 0 Å². The molecule has 0 radical (unpaired) electrons. The van der Waals surface area contributed by atoms with Crippen molar-refractivity contribution in [2.45, 2.75) is 20.4 Å². The fourth-order valence-corrected chi connectivity index (χ4v) is 1.76. The van der Waals surface area contributed by atoms with Gasteiger partial charge in [0.15, 0.2) is 0 Å². The number of pyridine rings is 1. The molecule has 0 saturated carbocycles. The molecule has 3 nitrogen and oxygen atoms in total. The number of rotatable bonds is 2. The van der Waals surface area contributed by atoms with Crippen molar-refractivity contribution >= 4 is 15.9 Å². The molecule has 0 aliphatic carbocycles. The Morgan fingerprint density at radius 1 is 1.33 bits per heavy atom. The van der Waals surface area contributed by atoms with E-state index in [1.807, 2.05) is 36.7 Å². The lowest BCUT2D eigenvalue weighted by Crippen LogP contribution is -2.05. The summed E-state index contributed by atoms with van der Waals surface area (Å²) in [4.78, 5) is 4.28. The maximum atomic E-state index is 4.43. The summed E-state index contributed by atoms with van der Waals surface area (Å²) in [6.07, 6.45) is 1.80. The normalized spacial score (nSPS) is 10.6. The molecule has 2 aromatic rings. The molecule has 2 aromatic heterocycles. The number of hydrogen-bond acceptors (Lipinski definition) is 2. The van der Waals surface area contributed by atoms with Crippen molar-refractivity contribution in [3.05, 3.63) is 46.0 Å². The third-order valence-corrected chi connectivity index (χ3v) is 3.48. The molecule has 0 fully saturated rings. The van der Waals surface area contributed by atoms with Crippen LogP contribution in [0, 0.1) is 13.8 Å². The van der Waals surface area contributed by atoms with Crippen molar-refractivity contribution in [2.24, 2.45) is 0 Å². The van der Waals surface area contributed by atoms with E-state index in [1.165, 1.54) is 0 Å². The molecule has 15 heavy (non-hydrogen) atoms. The monoisotopic (exact) mass is 265 g/mol. The van der Waals surface area contributed by atoms with Crippen LogP contribution in [0.2, 0.25) is 0 Å². The molecule has 0 bridgehead atoms. The maximum absolute atomic E-state index is 4.43. The Bertz CT molecular complexity index is 462. The number of aryl methyl sites for hydroxylation is 1. The summed E-state index contributed by atoms with van der Waals surface area (Å²) in [7, 11) is 0. The molecule has 0 N–H and O–H groups in total. The van der Waals surface area contributed by atoms with Gasteiger partial charge in [-0.25, -0.2) is 0 Å². The van der Waals surface area contributed by atoms with Gasteiger partial charge in [-0.05, 0) is 41.9 Å². The summed E-state index contributed by atoms with van der Waals surface area (Å²) in [6, 6.07) is 5.91. The first-order valence-electron chi connectivity index (χ1n) is 4.78. The van der Waals surface area contributed by atoms with Crippen molar-refractivity contribution < 1.29 is 0 Å². The summed E-state index contributed by atoms with van der Waals surface area (Å²) >= 11 is 3.51. The first-order chi connectivity index (χ1) is 7.18. The summed E-state index contributed by atoms with van der Waals surface area (Å²) in [5.41, 5.74) is 3.18. The average Bonchev–Trinajstić information content (AvgIpc) is 2.48. The molecular weight excluding hydrogens is 254 g/mol. The second kappa shape index (κ2) is 4.14. The summed E-state index contributed by atoms with van der Waals surface area (Å²) in [5.74, 6) is 0. The molecule has 0 saturated heterocycles. The summed E-state index contributed by atoms with van der Waals surface area (Å²) in [6.45, 7) is 4.76. The summed E-state index contributed by atoms with van der Waals surface area (Å²) < 4.78 is 3.04. The Morgan fingerprint density at radius 3 is 2.67 bits per heavy atom. The van der Waals surface area contributed by atoms with E-state index in [4.69, 9.17) is 0 Å². The highest BCUT2D eigenvalue weighted by Crippen LogP contribution is 2.20. The molecule has 0 amide bonds. The molecule has 0 aliphatic heterocycles. The Kier molecular flexibility index (Phi) is 2.86. The number of aromatic nitrogens is 3. The topological polar surface area (TPSA) is 30.7 Å². The van der Waals surface area contributed by atoms with Crippen LogP contribution in [0.4, 0.5) is 0 Å². The first-order valence-corrected chi connectivity index (χ1v) is 5.57. The van der Waals surface area contributed by atoms with Gasteiger partial charge < -0.3 is 0 Å². The molecule has 0 spiro atoms. The van der Waals surface area contributed by atoms with Crippen LogP contribution in [0.5, 0.6) is 0 Å². The zero-order chi connectivity index (χ0) is 10.8. The number of hydrogen-bond donors (Lipinski definition) is 0. The zero-order valence-electron chi connectivity index (χ0n) is 8.74. The van der Waals surface area contributed by atoms with Crippen LogP contribution in [0.3, 0.4) is 0 Å². The molecule has 0 unspecified atom stereocenters. The van der Waals surface area contributed by atoms with Crippen molar-refractivity contribution in [1.29, 1.82) is 0 Å². The highest BCUT2D eigenvalue weighted by Gasteiger charge is 2.08. The van der Waals surface area contributed by atoms with Crippen molar-refractivity contribution in [3.8, 4) is 0 Å². The Labute approximate surface area is 97.3 Å². The highest BCUT2D eigenvalue weighted by atomic mass is 79.9. The second-order valence-electron chi connectivity index (χ2n) is 3.46. The van der Waals surface area contributed by atoms with Gasteiger partial charge in [0.25, 0.3) is 0 Å². The maximum Gasteiger partial charge on any atom is 0.0834 e. The Morgan fingerprint density at radius 2 is 2.13 bits per heavy atom. The predicted molar refractivity (Wildman–Crippen MR) is 62.7 cm³/mol. The minimum Gasteiger partial charge on any atom is -0.262 e. The van der Waals surface area contributed by atoms with Gasteiger partial charge in [-0.2, -0.15) is 5.10 Å². The molecule has 2 heterocycles. The average molecular weight is 266 g/mol. The fourth-order valence-electron chi connectivity index (χ4n) is 1.47. The molecule has 0 aromatic carbocycles. The van der Waals surface area contributed by atoms with E-state index in [1.54, 1.807) is 6.20 Å². The Balaban J connectivity index is 2.29. The van der Waals surface area contributed by atoms with Crippen LogP contribution in [0.1, 0.15) is 17.1 Å². The third kappa shape index (κ3) is 2.09. The first kappa shape index (κ1) is 10.4. The van der Waals surface area contributed by atoms with Crippen LogP contribution in [0.15, 0.2) is 28.9 Å². The Hall–Kier alpha value is -1.16. The van der Waals surface area contributed by atoms with Gasteiger partial charge >= 0.3 is 0 Å². The zero-order valence-corrected chi connectivity index (χ0v) is 10.3. The SMILES string of the molecule is Cc1nn(Cc2ccccn2)c(C)c1Br. The quantitative estimate of drug-likeness (QED) is 0.836. The van der Waals surface area contributed by atoms with Gasteiger partial charge in [0.05, 0.1) is 28.1 Å². The van der Waals surface area contributed by atoms with E-state index in [0.29, 0.717) is 0 Å². The van der Waals surface area contributed by atoms with E-state index < -0.39 is 0 Å². The minimum atomic E-state index is 0.721. The van der Waals surface area contributed by atoms with Crippen LogP contribution < -0.4 is 0 Å². The predicted octanol–water partition coefficient (Wildman–Crippen LogP) is 2.71. The number of halogens is 1. The molecule has 78 valence electrons. The highest BCUT2D eigenvalue weighted by molar-refractivity contribution is 9.10. The molecular formula is C11H12BrN3. The minimum absolute atomic E-state index is 0.721. The molecule has 0 atom stereocenters. The van der Waals surface area contributed by atoms with Crippen LogP contribution in [-0.4, -0.2) is 14.8 Å². The van der Waals surface area contributed by atoms with Gasteiger partial charge in [0.1, 0.15) is 0 Å². The van der Waals surface area contributed by atoms with E-state index in [0.717, 1.165) is 28.1 Å². The number of nitrogens with zero attached hydrogens (tertiary/aromatic N) is 3. The van der Waals surface area contributed by atoms with Crippen LogP contribution in [-0.2, 0) is 6.54 Å². The largest absolute Gasteiger partial charge is 0.262 e. The smallest absolute Gasteiger partial charge is 0.0834 e. The van der Waals surface area contributed by atoms with E-state index in [-0.39, 0.29) is 0 Å². The van der Waals surface area contributed by atoms with Gasteiger partial charge in [-0.3, -0.25) is 9.67 Å². The molecule has 4 heteroatoms. The van der Waals surface area contributed by atoms with Gasteiger partial charge in [-0.1, -0.05) is 6.07 Å². The lowest BCUT2D eigenvalue weighted by molar-refractivity contribution is 0.646. The van der Waals surface area contributed by atoms with Crippen molar-refractivity contribution in [2.75, 3.05) is 0 Å². The lowest BCUT2D eigenvalue weighted by atomic mass is 10.3. The van der Waals surface area contributed by atoms with Gasteiger partial charge in [-0.15, -0.1) is 0 Å². The fraction of sp³-hybridized carbons (Fsp3) is 0.273. The van der Waals surface area contributed by atoms with Gasteiger partial charge in [0, 0.05) is 6.20 Å². The summed E-state index contributed by atoms with van der Waals surface area (Å²) in [5, 5.41) is 4.43. The standard InChI is InChI=1S/C11H12BrN3/c1-8-11(12)9(2)15(14-8)7-10-5-3-4-6-13-10/h3-6H,7H2,1-2H3. The van der Waals surface area contributed by atoms with Crippen molar-refractivity contribution in [3.63, 3.8) is 0 Å².